The summed E-state index contributed by atoms with van der Waals surface area (Å²) in [6, 6.07) is 15.3. The molecule has 0 aliphatic rings. The van der Waals surface area contributed by atoms with E-state index in [-0.39, 0.29) is 5.91 Å². The predicted octanol–water partition coefficient (Wildman–Crippen LogP) is 3.48. The maximum atomic E-state index is 11.8. The Kier molecular flexibility index (Phi) is 4.96. The van der Waals surface area contributed by atoms with Crippen molar-refractivity contribution in [3.05, 3.63) is 65.2 Å². The summed E-state index contributed by atoms with van der Waals surface area (Å²) in [5, 5.41) is 3.96. The molecule has 4 heteroatoms. The fourth-order valence-electron chi connectivity index (χ4n) is 1.62. The van der Waals surface area contributed by atoms with Crippen molar-refractivity contribution in [2.45, 2.75) is 11.8 Å². The van der Waals surface area contributed by atoms with Gasteiger partial charge in [0.25, 0.3) is 5.91 Å². The lowest BCUT2D eigenvalue weighted by atomic mass is 10.1. The highest BCUT2D eigenvalue weighted by molar-refractivity contribution is 7.98. The number of nitrogens with one attached hydrogen (secondary N) is 1. The van der Waals surface area contributed by atoms with Crippen molar-refractivity contribution in [1.82, 2.24) is 5.43 Å². The van der Waals surface area contributed by atoms with Gasteiger partial charge in [-0.2, -0.15) is 5.10 Å². The van der Waals surface area contributed by atoms with Crippen LogP contribution in [0.3, 0.4) is 0 Å². The average molecular weight is 284 g/mol. The number of aryl methyl sites for hydroxylation is 1. The molecule has 0 saturated heterocycles. The van der Waals surface area contributed by atoms with E-state index in [2.05, 4.69) is 10.5 Å². The molecule has 102 valence electrons. The standard InChI is InChI=1S/C16H16N2OS/c1-12-3-7-14(8-4-12)16(19)18-17-11-13-5-9-15(20-2)10-6-13/h3-11H,1-2H3,(H,18,19). The smallest absolute Gasteiger partial charge is 0.267 e. The van der Waals surface area contributed by atoms with Crippen molar-refractivity contribution in [2.24, 2.45) is 5.10 Å². The molecule has 0 fully saturated rings. The first-order valence-electron chi connectivity index (χ1n) is 6.23. The Morgan fingerprint density at radius 2 is 1.75 bits per heavy atom. The summed E-state index contributed by atoms with van der Waals surface area (Å²) in [6.45, 7) is 1.98. The van der Waals surface area contributed by atoms with Gasteiger partial charge in [-0.3, -0.25) is 4.79 Å². The van der Waals surface area contributed by atoms with Gasteiger partial charge >= 0.3 is 0 Å². The van der Waals surface area contributed by atoms with Crippen molar-refractivity contribution >= 4 is 23.9 Å². The van der Waals surface area contributed by atoms with Crippen LogP contribution in [-0.4, -0.2) is 18.4 Å². The van der Waals surface area contributed by atoms with E-state index in [1.807, 2.05) is 49.6 Å². The molecule has 0 aliphatic carbocycles. The molecule has 0 aliphatic heterocycles. The van der Waals surface area contributed by atoms with Crippen LogP contribution in [0.4, 0.5) is 0 Å². The molecular weight excluding hydrogens is 268 g/mol. The minimum absolute atomic E-state index is 0.206. The zero-order valence-electron chi connectivity index (χ0n) is 11.5. The Labute approximate surface area is 123 Å². The van der Waals surface area contributed by atoms with Crippen LogP contribution in [0.2, 0.25) is 0 Å². The van der Waals surface area contributed by atoms with Crippen molar-refractivity contribution in [3.63, 3.8) is 0 Å². The number of nitrogens with zero attached hydrogens (tertiary/aromatic N) is 1. The molecule has 2 rings (SSSR count). The van der Waals surface area contributed by atoms with Crippen LogP contribution in [0.1, 0.15) is 21.5 Å². The lowest BCUT2D eigenvalue weighted by Crippen LogP contribution is -2.17. The second kappa shape index (κ2) is 6.91. The summed E-state index contributed by atoms with van der Waals surface area (Å²) < 4.78 is 0. The lowest BCUT2D eigenvalue weighted by Gasteiger charge is -2.00. The molecule has 0 saturated carbocycles. The number of rotatable bonds is 4. The summed E-state index contributed by atoms with van der Waals surface area (Å²) in [5.74, 6) is -0.206. The van der Waals surface area contributed by atoms with E-state index >= 15 is 0 Å². The fraction of sp³-hybridized carbons (Fsp3) is 0.125. The second-order valence-corrected chi connectivity index (χ2v) is 5.22. The monoisotopic (exact) mass is 284 g/mol. The average Bonchev–Trinajstić information content (AvgIpc) is 2.48. The van der Waals surface area contributed by atoms with Crippen molar-refractivity contribution < 1.29 is 4.79 Å². The Hall–Kier alpha value is -2.07. The van der Waals surface area contributed by atoms with Crippen LogP contribution in [0.5, 0.6) is 0 Å². The molecule has 0 bridgehead atoms. The second-order valence-electron chi connectivity index (χ2n) is 4.34. The number of hydrogen-bond donors (Lipinski definition) is 1. The van der Waals surface area contributed by atoms with Crippen LogP contribution in [0.15, 0.2) is 58.5 Å². The Morgan fingerprint density at radius 1 is 1.10 bits per heavy atom. The molecule has 1 N–H and O–H groups in total. The summed E-state index contributed by atoms with van der Waals surface area (Å²) in [5.41, 5.74) is 5.20. The highest BCUT2D eigenvalue weighted by Gasteiger charge is 2.02. The first-order chi connectivity index (χ1) is 9.69. The van der Waals surface area contributed by atoms with Crippen LogP contribution < -0.4 is 5.43 Å². The molecule has 0 heterocycles. The third kappa shape index (κ3) is 3.96. The predicted molar refractivity (Wildman–Crippen MR) is 84.5 cm³/mol. The van der Waals surface area contributed by atoms with Crippen molar-refractivity contribution in [2.75, 3.05) is 6.26 Å². The number of amides is 1. The molecule has 2 aromatic carbocycles. The number of thioether (sulfide) groups is 1. The largest absolute Gasteiger partial charge is 0.271 e. The third-order valence-electron chi connectivity index (χ3n) is 2.81. The highest BCUT2D eigenvalue weighted by atomic mass is 32.2. The van der Waals surface area contributed by atoms with Crippen molar-refractivity contribution in [3.8, 4) is 0 Å². The summed E-state index contributed by atoms with van der Waals surface area (Å²) >= 11 is 1.69. The molecule has 1 amide bonds. The normalized spacial score (nSPS) is 10.7. The number of hydrazone groups is 1. The number of hydrogen-bond acceptors (Lipinski definition) is 3. The van der Waals surface area contributed by atoms with Gasteiger partial charge in [-0.25, -0.2) is 5.43 Å². The van der Waals surface area contributed by atoms with Gasteiger partial charge in [0.15, 0.2) is 0 Å². The Morgan fingerprint density at radius 3 is 2.35 bits per heavy atom. The van der Waals surface area contributed by atoms with Gasteiger partial charge in [-0.15, -0.1) is 11.8 Å². The first kappa shape index (κ1) is 14.3. The van der Waals surface area contributed by atoms with Crippen LogP contribution in [0, 0.1) is 6.92 Å². The van der Waals surface area contributed by atoms with E-state index < -0.39 is 0 Å². The van der Waals surface area contributed by atoms with Gasteiger partial charge in [0.05, 0.1) is 6.21 Å². The minimum Gasteiger partial charge on any atom is -0.267 e. The van der Waals surface area contributed by atoms with Crippen LogP contribution >= 0.6 is 11.8 Å². The molecule has 0 unspecified atom stereocenters. The SMILES string of the molecule is CSc1ccc(C=NNC(=O)c2ccc(C)cc2)cc1. The number of benzene rings is 2. The molecule has 2 aromatic rings. The quantitative estimate of drug-likeness (QED) is 0.530. The maximum Gasteiger partial charge on any atom is 0.271 e. The van der Waals surface area contributed by atoms with E-state index in [0.717, 1.165) is 11.1 Å². The first-order valence-corrected chi connectivity index (χ1v) is 7.45. The fourth-order valence-corrected chi connectivity index (χ4v) is 2.03. The van der Waals surface area contributed by atoms with E-state index in [1.165, 1.54) is 4.90 Å². The van der Waals surface area contributed by atoms with Gasteiger partial charge in [-0.1, -0.05) is 29.8 Å². The van der Waals surface area contributed by atoms with Gasteiger partial charge in [0.2, 0.25) is 0 Å². The molecule has 0 aromatic heterocycles. The van der Waals surface area contributed by atoms with Gasteiger partial charge < -0.3 is 0 Å². The topological polar surface area (TPSA) is 41.5 Å². The molecule has 0 spiro atoms. The van der Waals surface area contributed by atoms with Gasteiger partial charge in [0, 0.05) is 10.5 Å². The van der Waals surface area contributed by atoms with Crippen LogP contribution in [0.25, 0.3) is 0 Å². The third-order valence-corrected chi connectivity index (χ3v) is 3.55. The van der Waals surface area contributed by atoms with Crippen molar-refractivity contribution in [1.29, 1.82) is 0 Å². The molecule has 20 heavy (non-hydrogen) atoms. The molecule has 0 radical (unpaired) electrons. The van der Waals surface area contributed by atoms with E-state index in [4.69, 9.17) is 0 Å². The Bertz CT molecular complexity index is 603. The van der Waals surface area contributed by atoms with E-state index in [1.54, 1.807) is 30.1 Å². The Balaban J connectivity index is 1.95. The number of carbonyl (C=O) groups is 1. The van der Waals surface area contributed by atoms with Gasteiger partial charge in [-0.05, 0) is 43.0 Å². The lowest BCUT2D eigenvalue weighted by molar-refractivity contribution is 0.0955. The molecule has 3 nitrogen and oxygen atoms in total. The minimum atomic E-state index is -0.206. The summed E-state index contributed by atoms with van der Waals surface area (Å²) in [6.07, 6.45) is 3.67. The summed E-state index contributed by atoms with van der Waals surface area (Å²) in [4.78, 5) is 13.0. The maximum absolute atomic E-state index is 11.8. The number of carbonyl (C=O) groups excluding carboxylic acids is 1. The highest BCUT2D eigenvalue weighted by Crippen LogP contribution is 2.13. The summed E-state index contributed by atoms with van der Waals surface area (Å²) in [7, 11) is 0. The van der Waals surface area contributed by atoms with E-state index in [9.17, 15) is 4.79 Å². The molecular formula is C16H16N2OS. The molecule has 0 atom stereocenters. The van der Waals surface area contributed by atoms with Gasteiger partial charge in [0.1, 0.15) is 0 Å². The zero-order chi connectivity index (χ0) is 14.4. The van der Waals surface area contributed by atoms with E-state index in [0.29, 0.717) is 5.56 Å². The zero-order valence-corrected chi connectivity index (χ0v) is 12.3. The van der Waals surface area contributed by atoms with Crippen LogP contribution in [-0.2, 0) is 0 Å².